The molecule has 0 saturated carbocycles. The van der Waals surface area contributed by atoms with Crippen molar-refractivity contribution in [2.45, 2.75) is 33.1 Å². The number of benzene rings is 1. The number of carbonyl (C=O) groups is 3. The fraction of sp³-hybridized carbons (Fsp3) is 0.550. The molecule has 0 bridgehead atoms. The van der Waals surface area contributed by atoms with Crippen LogP contribution < -0.4 is 5.32 Å². The maximum absolute atomic E-state index is 12.7. The number of carbonyl (C=O) groups excluding carboxylic acids is 3. The lowest BCUT2D eigenvalue weighted by Gasteiger charge is -2.32. The average molecular weight is 429 g/mol. The topological polar surface area (TPSA) is 75.7 Å². The van der Waals surface area contributed by atoms with E-state index < -0.39 is 0 Å². The van der Waals surface area contributed by atoms with Crippen LogP contribution in [0.3, 0.4) is 0 Å². The van der Waals surface area contributed by atoms with Gasteiger partial charge in [0.2, 0.25) is 5.91 Å². The van der Waals surface area contributed by atoms with Gasteiger partial charge in [-0.2, -0.15) is 0 Å². The second-order valence-electron chi connectivity index (χ2n) is 7.08. The third kappa shape index (κ3) is 6.38. The third-order valence-corrected chi connectivity index (χ3v) is 5.43. The lowest BCUT2D eigenvalue weighted by molar-refractivity contribution is -0.144. The Balaban J connectivity index is 1.87. The molecule has 2 atom stereocenters. The molecule has 6 nitrogen and oxygen atoms in total. The number of nitrogens with zero attached hydrogens (tertiary/aromatic N) is 1. The Hall–Kier alpha value is -1.79. The third-order valence-electron chi connectivity index (χ3n) is 4.69. The van der Waals surface area contributed by atoms with Crippen molar-refractivity contribution in [2.24, 2.45) is 11.8 Å². The van der Waals surface area contributed by atoms with E-state index in [1.807, 2.05) is 6.92 Å². The highest BCUT2D eigenvalue weighted by Gasteiger charge is 2.29. The second-order valence-corrected chi connectivity index (χ2v) is 7.89. The van der Waals surface area contributed by atoms with Crippen molar-refractivity contribution in [3.05, 3.63) is 33.8 Å². The SMILES string of the molecule is CCOC(=O)C[C@@H](C)CNC(=O)[C@@H]1CCCN(C(=O)c2ccc(Cl)c(Cl)c2)C1. The molecule has 1 fully saturated rings. The Bertz CT molecular complexity index is 726. The summed E-state index contributed by atoms with van der Waals surface area (Å²) in [6.07, 6.45) is 1.74. The molecule has 0 aromatic heterocycles. The molecule has 2 rings (SSSR count). The molecule has 1 aromatic carbocycles. The van der Waals surface area contributed by atoms with E-state index in [9.17, 15) is 14.4 Å². The zero-order valence-corrected chi connectivity index (χ0v) is 17.7. The number of hydrogen-bond acceptors (Lipinski definition) is 4. The van der Waals surface area contributed by atoms with Crippen molar-refractivity contribution in [3.8, 4) is 0 Å². The lowest BCUT2D eigenvalue weighted by Crippen LogP contribution is -2.46. The van der Waals surface area contributed by atoms with Crippen molar-refractivity contribution in [1.82, 2.24) is 10.2 Å². The Labute approximate surface area is 175 Å². The summed E-state index contributed by atoms with van der Waals surface area (Å²) < 4.78 is 4.92. The number of amides is 2. The van der Waals surface area contributed by atoms with Crippen molar-refractivity contribution in [3.63, 3.8) is 0 Å². The Morgan fingerprint density at radius 2 is 2.04 bits per heavy atom. The summed E-state index contributed by atoms with van der Waals surface area (Å²) >= 11 is 11.9. The van der Waals surface area contributed by atoms with Crippen LogP contribution in [0.5, 0.6) is 0 Å². The summed E-state index contributed by atoms with van der Waals surface area (Å²) in [7, 11) is 0. The quantitative estimate of drug-likeness (QED) is 0.673. The number of ether oxygens (including phenoxy) is 1. The maximum Gasteiger partial charge on any atom is 0.306 e. The standard InChI is InChI=1S/C20H26Cl2N2O4/c1-3-28-18(25)9-13(2)11-23-19(26)15-5-4-8-24(12-15)20(27)14-6-7-16(21)17(22)10-14/h6-7,10,13,15H,3-5,8-9,11-12H2,1-2H3,(H,23,26)/t13-,15-/m1/s1. The minimum atomic E-state index is -0.268. The van der Waals surface area contributed by atoms with E-state index in [1.54, 1.807) is 30.0 Å². The van der Waals surface area contributed by atoms with Crippen molar-refractivity contribution in [2.75, 3.05) is 26.2 Å². The number of likely N-dealkylation sites (tertiary alicyclic amines) is 1. The summed E-state index contributed by atoms with van der Waals surface area (Å²) in [5.41, 5.74) is 0.457. The maximum atomic E-state index is 12.7. The molecule has 1 aliphatic heterocycles. The molecule has 28 heavy (non-hydrogen) atoms. The van der Waals surface area contributed by atoms with Crippen LogP contribution >= 0.6 is 23.2 Å². The molecule has 1 heterocycles. The molecule has 1 N–H and O–H groups in total. The lowest BCUT2D eigenvalue weighted by atomic mass is 9.96. The largest absolute Gasteiger partial charge is 0.466 e. The van der Waals surface area contributed by atoms with E-state index in [4.69, 9.17) is 27.9 Å². The Morgan fingerprint density at radius 3 is 2.71 bits per heavy atom. The zero-order chi connectivity index (χ0) is 20.7. The van der Waals surface area contributed by atoms with Gasteiger partial charge in [0.05, 0.1) is 22.6 Å². The van der Waals surface area contributed by atoms with Crippen LogP contribution in [0.15, 0.2) is 18.2 Å². The monoisotopic (exact) mass is 428 g/mol. The first-order valence-corrected chi connectivity index (χ1v) is 10.2. The number of hydrogen-bond donors (Lipinski definition) is 1. The average Bonchev–Trinajstić information content (AvgIpc) is 2.68. The van der Waals surface area contributed by atoms with E-state index in [-0.39, 0.29) is 36.0 Å². The molecule has 1 aliphatic rings. The predicted molar refractivity (Wildman–Crippen MR) is 109 cm³/mol. The van der Waals surface area contributed by atoms with Crippen LogP contribution in [-0.2, 0) is 14.3 Å². The number of nitrogens with one attached hydrogen (secondary N) is 1. The first-order chi connectivity index (χ1) is 13.3. The molecule has 0 aliphatic carbocycles. The van der Waals surface area contributed by atoms with E-state index >= 15 is 0 Å². The number of rotatable bonds is 7. The van der Waals surface area contributed by atoms with Gasteiger partial charge in [-0.05, 0) is 43.9 Å². The highest BCUT2D eigenvalue weighted by molar-refractivity contribution is 6.42. The first kappa shape index (κ1) is 22.5. The van der Waals surface area contributed by atoms with Crippen LogP contribution in [-0.4, -0.2) is 48.9 Å². The van der Waals surface area contributed by atoms with Crippen molar-refractivity contribution >= 4 is 41.0 Å². The predicted octanol–water partition coefficient (Wildman–Crippen LogP) is 3.55. The minimum Gasteiger partial charge on any atom is -0.466 e. The molecule has 2 amide bonds. The molecule has 1 aromatic rings. The summed E-state index contributed by atoms with van der Waals surface area (Å²) in [5.74, 6) is -0.801. The number of piperidine rings is 1. The molecular formula is C20H26Cl2N2O4. The minimum absolute atomic E-state index is 0.0134. The van der Waals surface area contributed by atoms with Gasteiger partial charge in [-0.1, -0.05) is 30.1 Å². The first-order valence-electron chi connectivity index (χ1n) is 9.49. The van der Waals surface area contributed by atoms with E-state index in [2.05, 4.69) is 5.32 Å². The van der Waals surface area contributed by atoms with Crippen LogP contribution in [0.2, 0.25) is 10.0 Å². The highest BCUT2D eigenvalue weighted by Crippen LogP contribution is 2.25. The van der Waals surface area contributed by atoms with E-state index in [1.165, 1.54) is 0 Å². The molecule has 8 heteroatoms. The highest BCUT2D eigenvalue weighted by atomic mass is 35.5. The molecule has 154 valence electrons. The Kier molecular flexibility index (Phi) is 8.58. The van der Waals surface area contributed by atoms with Gasteiger partial charge in [-0.3, -0.25) is 14.4 Å². The van der Waals surface area contributed by atoms with Crippen LogP contribution in [0, 0.1) is 11.8 Å². The van der Waals surface area contributed by atoms with Gasteiger partial charge in [-0.15, -0.1) is 0 Å². The van der Waals surface area contributed by atoms with Gasteiger partial charge in [0.25, 0.3) is 5.91 Å². The molecule has 0 unspecified atom stereocenters. The fourth-order valence-electron chi connectivity index (χ4n) is 3.18. The van der Waals surface area contributed by atoms with Gasteiger partial charge in [-0.25, -0.2) is 0 Å². The van der Waals surface area contributed by atoms with Crippen LogP contribution in [0.1, 0.15) is 43.5 Å². The van der Waals surface area contributed by atoms with Crippen LogP contribution in [0.25, 0.3) is 0 Å². The number of esters is 1. The Morgan fingerprint density at radius 1 is 1.29 bits per heavy atom. The normalized spacial score (nSPS) is 17.7. The zero-order valence-electron chi connectivity index (χ0n) is 16.2. The van der Waals surface area contributed by atoms with Gasteiger partial charge >= 0.3 is 5.97 Å². The van der Waals surface area contributed by atoms with Crippen molar-refractivity contribution in [1.29, 1.82) is 0 Å². The van der Waals surface area contributed by atoms with Crippen molar-refractivity contribution < 1.29 is 19.1 Å². The van der Waals surface area contributed by atoms with E-state index in [0.29, 0.717) is 41.8 Å². The van der Waals surface area contributed by atoms with E-state index in [0.717, 1.165) is 12.8 Å². The van der Waals surface area contributed by atoms with Gasteiger partial charge in [0.1, 0.15) is 0 Å². The smallest absolute Gasteiger partial charge is 0.306 e. The molecular weight excluding hydrogens is 403 g/mol. The summed E-state index contributed by atoms with van der Waals surface area (Å²) in [6.45, 7) is 5.35. The summed E-state index contributed by atoms with van der Waals surface area (Å²) in [6, 6.07) is 4.78. The van der Waals surface area contributed by atoms with Gasteiger partial charge in [0.15, 0.2) is 0 Å². The number of halogens is 2. The molecule has 1 saturated heterocycles. The molecule has 0 radical (unpaired) electrons. The fourth-order valence-corrected chi connectivity index (χ4v) is 3.48. The molecule has 0 spiro atoms. The van der Waals surface area contributed by atoms with Gasteiger partial charge in [0, 0.05) is 31.6 Å². The van der Waals surface area contributed by atoms with Crippen LogP contribution in [0.4, 0.5) is 0 Å². The summed E-state index contributed by atoms with van der Waals surface area (Å²) in [5, 5.41) is 3.61. The summed E-state index contributed by atoms with van der Waals surface area (Å²) in [4.78, 5) is 38.4. The van der Waals surface area contributed by atoms with Gasteiger partial charge < -0.3 is 15.0 Å². The second kappa shape index (κ2) is 10.7.